The maximum atomic E-state index is 14.1. The zero-order valence-electron chi connectivity index (χ0n) is 19.8. The molecule has 2 aliphatic heterocycles. The summed E-state index contributed by atoms with van der Waals surface area (Å²) < 4.78 is 19.7. The van der Waals surface area contributed by atoms with Crippen molar-refractivity contribution in [1.29, 1.82) is 0 Å². The smallest absolute Gasteiger partial charge is 0.410 e. The molecule has 3 aromatic rings. The minimum absolute atomic E-state index is 0.324. The molecule has 1 N–H and O–H groups in total. The Morgan fingerprint density at radius 1 is 1.18 bits per heavy atom. The number of anilines is 1. The highest BCUT2D eigenvalue weighted by molar-refractivity contribution is 5.88. The fourth-order valence-electron chi connectivity index (χ4n) is 4.59. The predicted molar refractivity (Wildman–Crippen MR) is 129 cm³/mol. The number of pyridine rings is 1. The van der Waals surface area contributed by atoms with E-state index in [4.69, 9.17) is 9.72 Å². The molecule has 8 heteroatoms. The number of halogens is 1. The van der Waals surface area contributed by atoms with Gasteiger partial charge in [-0.25, -0.2) is 19.2 Å². The Bertz CT molecular complexity index is 1190. The van der Waals surface area contributed by atoms with Gasteiger partial charge in [0.1, 0.15) is 23.4 Å². The number of aromatic amines is 1. The molecule has 0 aliphatic carbocycles. The lowest BCUT2D eigenvalue weighted by molar-refractivity contribution is 0.0221. The van der Waals surface area contributed by atoms with Crippen molar-refractivity contribution < 1.29 is 13.9 Å². The summed E-state index contributed by atoms with van der Waals surface area (Å²) in [7, 11) is 0. The van der Waals surface area contributed by atoms with Crippen molar-refractivity contribution in [1.82, 2.24) is 19.9 Å². The molecular weight excluding hydrogens is 433 g/mol. The number of hydrogen-bond donors (Lipinski definition) is 1. The fourth-order valence-corrected chi connectivity index (χ4v) is 4.59. The maximum Gasteiger partial charge on any atom is 0.410 e. The molecule has 7 nitrogen and oxygen atoms in total. The molecule has 34 heavy (non-hydrogen) atoms. The molecule has 178 valence electrons. The second kappa shape index (κ2) is 8.74. The van der Waals surface area contributed by atoms with Crippen LogP contribution in [0.25, 0.3) is 22.5 Å². The first-order chi connectivity index (χ1) is 16.3. The number of nitrogens with one attached hydrogen (secondary N) is 1. The first-order valence-electron chi connectivity index (χ1n) is 11.8. The van der Waals surface area contributed by atoms with E-state index < -0.39 is 11.8 Å². The van der Waals surface area contributed by atoms with Crippen molar-refractivity contribution in [2.45, 2.75) is 51.9 Å². The number of H-pyrrole nitrogens is 1. The number of fused-ring (bicyclic) bond motifs is 1. The van der Waals surface area contributed by atoms with Crippen LogP contribution in [0.1, 0.15) is 38.6 Å². The molecule has 4 heterocycles. The van der Waals surface area contributed by atoms with Gasteiger partial charge in [0.15, 0.2) is 0 Å². The number of benzene rings is 1. The van der Waals surface area contributed by atoms with Crippen LogP contribution in [0.15, 0.2) is 42.6 Å². The lowest BCUT2D eigenvalue weighted by Crippen LogP contribution is -2.39. The number of carbonyl (C=O) groups is 1. The van der Waals surface area contributed by atoms with Crippen molar-refractivity contribution in [2.75, 3.05) is 24.5 Å². The third-order valence-electron chi connectivity index (χ3n) is 6.17. The standard InChI is InChI=1S/C26H30FN5O2/c1-26(2,3)34-25(33)32-14-11-20-21(16-32)30-23(29-20)22-19(17-7-5-4-6-8-17)9-12-28-24(22)31-13-10-18(27)15-31/h4-9,12,18H,10-11,13-16H2,1-3H3,(H,29,30). The van der Waals surface area contributed by atoms with Gasteiger partial charge in [-0.05, 0) is 44.4 Å². The van der Waals surface area contributed by atoms with Gasteiger partial charge >= 0.3 is 6.09 Å². The van der Waals surface area contributed by atoms with Crippen LogP contribution in [0.5, 0.6) is 0 Å². The number of imidazole rings is 1. The van der Waals surface area contributed by atoms with Gasteiger partial charge in [-0.3, -0.25) is 0 Å². The summed E-state index contributed by atoms with van der Waals surface area (Å²) in [5.41, 5.74) is 4.18. The van der Waals surface area contributed by atoms with Gasteiger partial charge in [0, 0.05) is 25.7 Å². The molecule has 1 aromatic carbocycles. The Hall–Kier alpha value is -3.42. The number of ether oxygens (including phenoxy) is 1. The van der Waals surface area contributed by atoms with E-state index in [0.717, 1.165) is 33.9 Å². The zero-order chi connectivity index (χ0) is 23.9. The van der Waals surface area contributed by atoms with Crippen molar-refractivity contribution >= 4 is 11.9 Å². The number of carbonyl (C=O) groups excluding carboxylic acids is 1. The third kappa shape index (κ3) is 4.49. The topological polar surface area (TPSA) is 74.3 Å². The number of hydrogen-bond acceptors (Lipinski definition) is 5. The lowest BCUT2D eigenvalue weighted by atomic mass is 10.00. The first kappa shape index (κ1) is 22.4. The van der Waals surface area contributed by atoms with Crippen LogP contribution in [0, 0.1) is 0 Å². The molecule has 0 bridgehead atoms. The summed E-state index contributed by atoms with van der Waals surface area (Å²) in [4.78, 5) is 29.4. The molecule has 2 aromatic heterocycles. The molecule has 1 unspecified atom stereocenters. The van der Waals surface area contributed by atoms with Gasteiger partial charge in [-0.2, -0.15) is 0 Å². The minimum atomic E-state index is -0.859. The van der Waals surface area contributed by atoms with Gasteiger partial charge in [0.05, 0.1) is 30.0 Å². The average Bonchev–Trinajstić information content (AvgIpc) is 3.43. The van der Waals surface area contributed by atoms with E-state index in [-0.39, 0.29) is 6.09 Å². The van der Waals surface area contributed by atoms with Crippen LogP contribution in [-0.2, 0) is 17.7 Å². The molecule has 0 spiro atoms. The molecule has 0 saturated carbocycles. The van der Waals surface area contributed by atoms with E-state index in [2.05, 4.69) is 22.1 Å². The molecular formula is C26H30FN5O2. The Balaban J connectivity index is 1.54. The monoisotopic (exact) mass is 463 g/mol. The number of nitrogens with zero attached hydrogens (tertiary/aromatic N) is 4. The molecule has 1 saturated heterocycles. The highest BCUT2D eigenvalue weighted by Gasteiger charge is 2.31. The largest absolute Gasteiger partial charge is 0.444 e. The van der Waals surface area contributed by atoms with E-state index in [1.165, 1.54) is 0 Å². The molecule has 0 radical (unpaired) electrons. The van der Waals surface area contributed by atoms with E-state index in [9.17, 15) is 9.18 Å². The molecule has 2 aliphatic rings. The average molecular weight is 464 g/mol. The van der Waals surface area contributed by atoms with Crippen LogP contribution >= 0.6 is 0 Å². The van der Waals surface area contributed by atoms with E-state index in [1.54, 1.807) is 11.1 Å². The normalized spacial score (nSPS) is 18.2. The van der Waals surface area contributed by atoms with Crippen LogP contribution in [0.2, 0.25) is 0 Å². The molecule has 5 rings (SSSR count). The zero-order valence-corrected chi connectivity index (χ0v) is 19.8. The highest BCUT2D eigenvalue weighted by atomic mass is 19.1. The first-order valence-corrected chi connectivity index (χ1v) is 11.8. The van der Waals surface area contributed by atoms with Gasteiger partial charge in [-0.15, -0.1) is 0 Å². The minimum Gasteiger partial charge on any atom is -0.444 e. The van der Waals surface area contributed by atoms with Crippen LogP contribution in [-0.4, -0.2) is 57.4 Å². The molecule has 1 atom stereocenters. The SMILES string of the molecule is CC(C)(C)OC(=O)N1CCc2nc(-c3c(-c4ccccc4)ccnc3N3CCC(F)C3)[nH]c2C1. The van der Waals surface area contributed by atoms with Crippen molar-refractivity contribution in [3.63, 3.8) is 0 Å². The summed E-state index contributed by atoms with van der Waals surface area (Å²) in [5.74, 6) is 1.43. The van der Waals surface area contributed by atoms with Crippen molar-refractivity contribution in [2.24, 2.45) is 0 Å². The van der Waals surface area contributed by atoms with E-state index in [1.807, 2.05) is 49.9 Å². The van der Waals surface area contributed by atoms with Gasteiger partial charge in [0.2, 0.25) is 0 Å². The Kier molecular flexibility index (Phi) is 5.75. The van der Waals surface area contributed by atoms with Crippen LogP contribution in [0.4, 0.5) is 15.0 Å². The van der Waals surface area contributed by atoms with Gasteiger partial charge in [-0.1, -0.05) is 30.3 Å². The predicted octanol–water partition coefficient (Wildman–Crippen LogP) is 4.98. The quantitative estimate of drug-likeness (QED) is 0.593. The maximum absolute atomic E-state index is 14.1. The van der Waals surface area contributed by atoms with Gasteiger partial charge in [0.25, 0.3) is 0 Å². The third-order valence-corrected chi connectivity index (χ3v) is 6.17. The highest BCUT2D eigenvalue weighted by Crippen LogP contribution is 2.39. The Morgan fingerprint density at radius 3 is 2.68 bits per heavy atom. The molecule has 1 fully saturated rings. The van der Waals surface area contributed by atoms with Crippen LogP contribution in [0.3, 0.4) is 0 Å². The van der Waals surface area contributed by atoms with E-state index in [0.29, 0.717) is 44.8 Å². The molecule has 1 amide bonds. The number of aromatic nitrogens is 3. The summed E-state index contributed by atoms with van der Waals surface area (Å²) >= 11 is 0. The number of rotatable bonds is 3. The fraction of sp³-hybridized carbons (Fsp3) is 0.423. The Labute approximate surface area is 199 Å². The lowest BCUT2D eigenvalue weighted by Gasteiger charge is -2.29. The van der Waals surface area contributed by atoms with Gasteiger partial charge < -0.3 is 19.5 Å². The summed E-state index contributed by atoms with van der Waals surface area (Å²) in [5, 5.41) is 0. The summed E-state index contributed by atoms with van der Waals surface area (Å²) in [6.45, 7) is 7.49. The summed E-state index contributed by atoms with van der Waals surface area (Å²) in [6, 6.07) is 12.1. The van der Waals surface area contributed by atoms with E-state index >= 15 is 0 Å². The number of alkyl halides is 1. The number of amides is 1. The van der Waals surface area contributed by atoms with Crippen molar-refractivity contribution in [3.05, 3.63) is 54.0 Å². The van der Waals surface area contributed by atoms with Crippen LogP contribution < -0.4 is 4.90 Å². The Morgan fingerprint density at radius 2 is 1.97 bits per heavy atom. The summed E-state index contributed by atoms with van der Waals surface area (Å²) in [6.07, 6.45) is 1.72. The second-order valence-corrected chi connectivity index (χ2v) is 9.92. The second-order valence-electron chi connectivity index (χ2n) is 9.92. The van der Waals surface area contributed by atoms with Crippen molar-refractivity contribution in [3.8, 4) is 22.5 Å².